The van der Waals surface area contributed by atoms with E-state index in [9.17, 15) is 5.26 Å². The molecule has 2 aromatic carbocycles. The van der Waals surface area contributed by atoms with E-state index < -0.39 is 0 Å². The first kappa shape index (κ1) is 18.1. The summed E-state index contributed by atoms with van der Waals surface area (Å²) in [4.78, 5) is 0. The molecule has 0 fully saturated rings. The molecule has 0 spiro atoms. The van der Waals surface area contributed by atoms with Crippen LogP contribution in [0.15, 0.2) is 64.5 Å². The minimum absolute atomic E-state index is 0.0917. The number of nitrogens with zero attached hydrogens (tertiary/aromatic N) is 3. The van der Waals surface area contributed by atoms with Crippen molar-refractivity contribution in [1.82, 2.24) is 9.78 Å². The Bertz CT molecular complexity index is 1110. The van der Waals surface area contributed by atoms with E-state index in [4.69, 9.17) is 15.2 Å². The number of fused-ring (bicyclic) bond motifs is 1. The summed E-state index contributed by atoms with van der Waals surface area (Å²) in [6, 6.07) is 17.5. The van der Waals surface area contributed by atoms with Gasteiger partial charge in [0.15, 0.2) is 0 Å². The number of ether oxygens (including phenoxy) is 2. The first-order valence-corrected chi connectivity index (χ1v) is 9.39. The number of rotatable bonds is 3. The largest absolute Gasteiger partial charge is 0.497 e. The molecule has 6 nitrogen and oxygen atoms in total. The number of nitriles is 1. The summed E-state index contributed by atoms with van der Waals surface area (Å²) in [6.45, 7) is 1.91. The van der Waals surface area contributed by atoms with E-state index in [1.54, 1.807) is 11.8 Å². The molecule has 0 bridgehead atoms. The number of allylic oxidation sites excluding steroid dienone is 1. The summed E-state index contributed by atoms with van der Waals surface area (Å²) in [5.41, 5.74) is 9.87. The van der Waals surface area contributed by atoms with E-state index in [1.807, 2.05) is 55.5 Å². The van der Waals surface area contributed by atoms with Crippen molar-refractivity contribution in [2.75, 3.05) is 7.11 Å². The van der Waals surface area contributed by atoms with Crippen molar-refractivity contribution in [3.63, 3.8) is 0 Å². The van der Waals surface area contributed by atoms with Crippen LogP contribution in [0.5, 0.6) is 11.6 Å². The predicted molar refractivity (Wildman–Crippen MR) is 108 cm³/mol. The first-order valence-electron chi connectivity index (χ1n) is 8.60. The number of methoxy groups -OCH3 is 1. The van der Waals surface area contributed by atoms with Crippen LogP contribution in [0.25, 0.3) is 5.69 Å². The maximum atomic E-state index is 9.74. The fourth-order valence-electron chi connectivity index (χ4n) is 3.40. The SMILES string of the molecule is COc1ccc(C2C(C#N)=C(N)Oc3c2c(C)nn3-c2ccc(Br)cc2)cc1. The van der Waals surface area contributed by atoms with Gasteiger partial charge in [0.25, 0.3) is 0 Å². The van der Waals surface area contributed by atoms with Gasteiger partial charge in [-0.2, -0.15) is 10.4 Å². The molecule has 140 valence electrons. The molecule has 7 heteroatoms. The molecule has 1 unspecified atom stereocenters. The highest BCUT2D eigenvalue weighted by Crippen LogP contribution is 2.44. The molecule has 3 aromatic rings. The van der Waals surface area contributed by atoms with Crippen molar-refractivity contribution in [3.8, 4) is 23.4 Å². The van der Waals surface area contributed by atoms with E-state index in [0.29, 0.717) is 11.5 Å². The smallest absolute Gasteiger partial charge is 0.229 e. The predicted octanol–water partition coefficient (Wildman–Crippen LogP) is 4.17. The second-order valence-electron chi connectivity index (χ2n) is 6.39. The Kier molecular flexibility index (Phi) is 4.57. The molecular weight excluding hydrogens is 420 g/mol. The molecular formula is C21H17BrN4O2. The van der Waals surface area contributed by atoms with Crippen LogP contribution < -0.4 is 15.2 Å². The summed E-state index contributed by atoms with van der Waals surface area (Å²) >= 11 is 3.44. The second-order valence-corrected chi connectivity index (χ2v) is 7.31. The lowest BCUT2D eigenvalue weighted by Crippen LogP contribution is -2.22. The van der Waals surface area contributed by atoms with Gasteiger partial charge in [0.05, 0.1) is 30.0 Å². The molecule has 28 heavy (non-hydrogen) atoms. The van der Waals surface area contributed by atoms with E-state index >= 15 is 0 Å². The van der Waals surface area contributed by atoms with E-state index in [1.165, 1.54) is 0 Å². The van der Waals surface area contributed by atoms with Crippen LogP contribution in [0, 0.1) is 18.3 Å². The monoisotopic (exact) mass is 436 g/mol. The second kappa shape index (κ2) is 7.06. The highest BCUT2D eigenvalue weighted by Gasteiger charge is 2.36. The van der Waals surface area contributed by atoms with Crippen LogP contribution in [-0.2, 0) is 0 Å². The molecule has 0 saturated heterocycles. The molecule has 0 saturated carbocycles. The summed E-state index contributed by atoms with van der Waals surface area (Å²) in [5, 5.41) is 14.4. The van der Waals surface area contributed by atoms with Gasteiger partial charge in [-0.25, -0.2) is 4.68 Å². The lowest BCUT2D eigenvalue weighted by molar-refractivity contribution is 0.367. The Morgan fingerprint density at radius 2 is 1.86 bits per heavy atom. The maximum Gasteiger partial charge on any atom is 0.229 e. The summed E-state index contributed by atoms with van der Waals surface area (Å²) in [7, 11) is 1.62. The van der Waals surface area contributed by atoms with Gasteiger partial charge in [0.1, 0.15) is 17.4 Å². The van der Waals surface area contributed by atoms with Crippen molar-refractivity contribution in [1.29, 1.82) is 5.26 Å². The zero-order chi connectivity index (χ0) is 19.8. The maximum absolute atomic E-state index is 9.74. The van der Waals surface area contributed by atoms with Crippen molar-refractivity contribution >= 4 is 15.9 Å². The van der Waals surface area contributed by atoms with E-state index in [-0.39, 0.29) is 11.8 Å². The highest BCUT2D eigenvalue weighted by atomic mass is 79.9. The van der Waals surface area contributed by atoms with Crippen LogP contribution in [0.2, 0.25) is 0 Å². The number of halogens is 1. The standard InChI is InChI=1S/C21H17BrN4O2/c1-12-18-19(13-3-9-16(27-2)10-4-13)17(11-23)20(24)28-21(18)26(25-12)15-7-5-14(22)6-8-15/h3-10,19H,24H2,1-2H3. The molecule has 0 aliphatic carbocycles. The first-order chi connectivity index (χ1) is 13.5. The van der Waals surface area contributed by atoms with Gasteiger partial charge in [-0.3, -0.25) is 0 Å². The fraction of sp³-hybridized carbons (Fsp3) is 0.143. The normalized spacial score (nSPS) is 15.6. The number of benzene rings is 2. The minimum Gasteiger partial charge on any atom is -0.497 e. The average Bonchev–Trinajstić information content (AvgIpc) is 3.03. The van der Waals surface area contributed by atoms with Crippen molar-refractivity contribution < 1.29 is 9.47 Å². The summed E-state index contributed by atoms with van der Waals surface area (Å²) in [5.74, 6) is 1.00. The average molecular weight is 437 g/mol. The van der Waals surface area contributed by atoms with Crippen molar-refractivity contribution in [2.45, 2.75) is 12.8 Å². The Morgan fingerprint density at radius 3 is 2.46 bits per heavy atom. The lowest BCUT2D eigenvalue weighted by Gasteiger charge is -2.25. The van der Waals surface area contributed by atoms with Gasteiger partial charge in [-0.15, -0.1) is 0 Å². The Labute approximate surface area is 170 Å². The zero-order valence-electron chi connectivity index (χ0n) is 15.3. The molecule has 1 aromatic heterocycles. The number of hydrogen-bond donors (Lipinski definition) is 1. The van der Waals surface area contributed by atoms with Crippen molar-refractivity contribution in [3.05, 3.63) is 81.3 Å². The zero-order valence-corrected chi connectivity index (χ0v) is 16.9. The number of hydrogen-bond acceptors (Lipinski definition) is 5. The van der Waals surface area contributed by atoms with Gasteiger partial charge < -0.3 is 15.2 Å². The van der Waals surface area contributed by atoms with Crippen molar-refractivity contribution in [2.24, 2.45) is 5.73 Å². The molecule has 1 aliphatic heterocycles. The Hall–Kier alpha value is -3.24. The Morgan fingerprint density at radius 1 is 1.18 bits per heavy atom. The van der Waals surface area contributed by atoms with Gasteiger partial charge >= 0.3 is 0 Å². The van der Waals surface area contributed by atoms with Crippen LogP contribution in [0.4, 0.5) is 0 Å². The summed E-state index contributed by atoms with van der Waals surface area (Å²) < 4.78 is 13.8. The molecule has 1 aliphatic rings. The van der Waals surface area contributed by atoms with Gasteiger partial charge in [-0.1, -0.05) is 28.1 Å². The van der Waals surface area contributed by atoms with E-state index in [0.717, 1.165) is 32.7 Å². The minimum atomic E-state index is -0.358. The third-order valence-corrected chi connectivity index (χ3v) is 5.28. The molecule has 0 amide bonds. The highest BCUT2D eigenvalue weighted by molar-refractivity contribution is 9.10. The number of nitrogens with two attached hydrogens (primary N) is 1. The lowest BCUT2D eigenvalue weighted by atomic mass is 9.84. The summed E-state index contributed by atoms with van der Waals surface area (Å²) in [6.07, 6.45) is 0. The third kappa shape index (κ3) is 2.92. The quantitative estimate of drug-likeness (QED) is 0.665. The van der Waals surface area contributed by atoms with Gasteiger partial charge in [-0.05, 0) is 48.9 Å². The van der Waals surface area contributed by atoms with Crippen LogP contribution >= 0.6 is 15.9 Å². The van der Waals surface area contributed by atoms with E-state index in [2.05, 4.69) is 27.1 Å². The molecule has 2 heterocycles. The van der Waals surface area contributed by atoms with Crippen LogP contribution in [0.3, 0.4) is 0 Å². The van der Waals surface area contributed by atoms with Crippen LogP contribution in [0.1, 0.15) is 22.7 Å². The molecule has 0 radical (unpaired) electrons. The van der Waals surface area contributed by atoms with Crippen LogP contribution in [-0.4, -0.2) is 16.9 Å². The van der Waals surface area contributed by atoms with Gasteiger partial charge in [0.2, 0.25) is 11.8 Å². The molecule has 2 N–H and O–H groups in total. The van der Waals surface area contributed by atoms with Gasteiger partial charge in [0, 0.05) is 4.47 Å². The topological polar surface area (TPSA) is 86.1 Å². The number of aryl methyl sites for hydroxylation is 1. The molecule has 4 rings (SSSR count). The fourth-order valence-corrected chi connectivity index (χ4v) is 3.67. The number of aromatic nitrogens is 2. The molecule has 1 atom stereocenters. The Balaban J connectivity index is 1.91. The third-order valence-electron chi connectivity index (χ3n) is 4.75.